The van der Waals surface area contributed by atoms with E-state index in [0.29, 0.717) is 38.8 Å². The van der Waals surface area contributed by atoms with Gasteiger partial charge in [0.05, 0.1) is 19.1 Å². The van der Waals surface area contributed by atoms with Crippen LogP contribution >= 0.6 is 0 Å². The Hall–Kier alpha value is -2.34. The highest BCUT2D eigenvalue weighted by Gasteiger charge is 2.36. The standard InChI is InChI=1S/C19H28BN3O7/c1-11(28-2)22-8-6-14(21)18(24)23-9-13(10-23)29-15-4-3-12-5-7-20(27)30-17(12)16(15)19(25)26/h3-4,11,13-14,22,27H,5-10,21H2,1-2H3,(H,25,26)/t11?,14-/m0/s1. The van der Waals surface area contributed by atoms with E-state index in [1.165, 1.54) is 0 Å². The highest BCUT2D eigenvalue weighted by atomic mass is 16.5. The van der Waals surface area contributed by atoms with E-state index in [1.807, 2.05) is 6.92 Å². The minimum atomic E-state index is -1.19. The number of methoxy groups -OCH3 is 1. The molecule has 2 aliphatic rings. The van der Waals surface area contributed by atoms with Crippen LogP contribution in [0.25, 0.3) is 0 Å². The molecule has 30 heavy (non-hydrogen) atoms. The highest BCUT2D eigenvalue weighted by molar-refractivity contribution is 6.44. The Kier molecular flexibility index (Phi) is 7.19. The number of rotatable bonds is 9. The summed E-state index contributed by atoms with van der Waals surface area (Å²) < 4.78 is 16.3. The van der Waals surface area contributed by atoms with Crippen LogP contribution in [0, 0.1) is 0 Å². The van der Waals surface area contributed by atoms with Crippen molar-refractivity contribution in [1.82, 2.24) is 10.2 Å². The minimum absolute atomic E-state index is 0.105. The van der Waals surface area contributed by atoms with E-state index in [1.54, 1.807) is 24.1 Å². The summed E-state index contributed by atoms with van der Waals surface area (Å²) in [5, 5.41) is 22.4. The van der Waals surface area contributed by atoms with Gasteiger partial charge >= 0.3 is 13.1 Å². The fraction of sp³-hybridized carbons (Fsp3) is 0.579. The SMILES string of the molecule is COC(C)NCC[C@H](N)C(=O)N1CC(Oc2ccc3c(c2C(=O)O)OB(O)CC3)C1. The van der Waals surface area contributed by atoms with Crippen molar-refractivity contribution in [2.45, 2.75) is 44.5 Å². The van der Waals surface area contributed by atoms with Crippen molar-refractivity contribution in [1.29, 1.82) is 0 Å². The lowest BCUT2D eigenvalue weighted by molar-refractivity contribution is -0.141. The van der Waals surface area contributed by atoms with Crippen LogP contribution in [0.3, 0.4) is 0 Å². The fourth-order valence-corrected chi connectivity index (χ4v) is 3.47. The molecule has 0 radical (unpaired) electrons. The van der Waals surface area contributed by atoms with Crippen molar-refractivity contribution in [2.75, 3.05) is 26.7 Å². The molecular weight excluding hydrogens is 393 g/mol. The van der Waals surface area contributed by atoms with E-state index in [4.69, 9.17) is 19.9 Å². The monoisotopic (exact) mass is 421 g/mol. The number of aromatic carboxylic acids is 1. The summed E-state index contributed by atoms with van der Waals surface area (Å²) in [6.45, 7) is 3.07. The molecule has 1 fully saturated rings. The molecule has 2 heterocycles. The van der Waals surface area contributed by atoms with Gasteiger partial charge in [-0.2, -0.15) is 0 Å². The molecule has 0 saturated carbocycles. The third-order valence-electron chi connectivity index (χ3n) is 5.34. The Bertz CT molecular complexity index is 788. The number of aryl methyl sites for hydroxylation is 1. The number of carboxylic acids is 1. The number of hydrogen-bond donors (Lipinski definition) is 4. The van der Waals surface area contributed by atoms with Gasteiger partial charge in [0.1, 0.15) is 29.4 Å². The van der Waals surface area contributed by atoms with Crippen LogP contribution in [0.1, 0.15) is 29.3 Å². The summed E-state index contributed by atoms with van der Waals surface area (Å²) in [6.07, 6.45) is 0.962. The van der Waals surface area contributed by atoms with Gasteiger partial charge in [0.15, 0.2) is 0 Å². The Morgan fingerprint density at radius 1 is 1.43 bits per heavy atom. The topological polar surface area (TPSA) is 144 Å². The molecule has 1 aromatic rings. The number of nitrogens with two attached hydrogens (primary N) is 1. The molecular formula is C19H28BN3O7. The number of nitrogens with zero attached hydrogens (tertiary/aromatic N) is 1. The van der Waals surface area contributed by atoms with Gasteiger partial charge in [-0.1, -0.05) is 6.07 Å². The zero-order valence-electron chi connectivity index (χ0n) is 17.2. The lowest BCUT2D eigenvalue weighted by Crippen LogP contribution is -2.60. The number of ether oxygens (including phenoxy) is 2. The van der Waals surface area contributed by atoms with Crippen LogP contribution in [-0.4, -0.2) is 79.1 Å². The van der Waals surface area contributed by atoms with Crippen LogP contribution in [0.2, 0.25) is 6.32 Å². The maximum absolute atomic E-state index is 12.4. The van der Waals surface area contributed by atoms with Gasteiger partial charge in [0, 0.05) is 7.11 Å². The quantitative estimate of drug-likeness (QED) is 0.312. The van der Waals surface area contributed by atoms with Crippen LogP contribution < -0.4 is 20.4 Å². The Balaban J connectivity index is 1.55. The first-order valence-electron chi connectivity index (χ1n) is 10.0. The zero-order valence-corrected chi connectivity index (χ0v) is 17.2. The van der Waals surface area contributed by atoms with E-state index < -0.39 is 19.1 Å². The normalized spacial score (nSPS) is 18.1. The molecule has 1 aromatic carbocycles. The van der Waals surface area contributed by atoms with Crippen LogP contribution in [0.4, 0.5) is 0 Å². The zero-order chi connectivity index (χ0) is 21.8. The van der Waals surface area contributed by atoms with Gasteiger partial charge in [0.2, 0.25) is 5.91 Å². The highest BCUT2D eigenvalue weighted by Crippen LogP contribution is 2.37. The number of carboxylic acid groups (broad SMARTS) is 1. The molecule has 0 bridgehead atoms. The maximum Gasteiger partial charge on any atom is 0.522 e. The van der Waals surface area contributed by atoms with E-state index in [0.717, 1.165) is 5.56 Å². The number of benzene rings is 1. The molecule has 0 aromatic heterocycles. The molecule has 3 rings (SSSR count). The first kappa shape index (κ1) is 22.4. The summed E-state index contributed by atoms with van der Waals surface area (Å²) in [5.41, 5.74) is 6.59. The van der Waals surface area contributed by atoms with Crippen molar-refractivity contribution < 1.29 is 33.8 Å². The van der Waals surface area contributed by atoms with Gasteiger partial charge in [0.25, 0.3) is 0 Å². The van der Waals surface area contributed by atoms with E-state index in [-0.39, 0.29) is 35.3 Å². The lowest BCUT2D eigenvalue weighted by atomic mass is 9.78. The fourth-order valence-electron chi connectivity index (χ4n) is 3.47. The number of hydrogen-bond acceptors (Lipinski definition) is 8. The maximum atomic E-state index is 12.4. The molecule has 1 unspecified atom stereocenters. The molecule has 1 saturated heterocycles. The Morgan fingerprint density at radius 2 is 2.17 bits per heavy atom. The van der Waals surface area contributed by atoms with E-state index in [9.17, 15) is 19.7 Å². The second-order valence-electron chi connectivity index (χ2n) is 7.55. The second kappa shape index (κ2) is 9.65. The van der Waals surface area contributed by atoms with Gasteiger partial charge < -0.3 is 34.9 Å². The number of nitrogens with one attached hydrogen (secondary N) is 1. The smallest absolute Gasteiger partial charge is 0.522 e. The summed E-state index contributed by atoms with van der Waals surface area (Å²) in [6, 6.07) is 2.71. The predicted octanol–water partition coefficient (Wildman–Crippen LogP) is -0.311. The summed E-state index contributed by atoms with van der Waals surface area (Å²) in [7, 11) is 0.556. The number of carbonyl (C=O) groups excluding carboxylic acids is 1. The largest absolute Gasteiger partial charge is 0.535 e. The van der Waals surface area contributed by atoms with Crippen molar-refractivity contribution >= 4 is 19.0 Å². The Labute approximate surface area is 175 Å². The molecule has 11 heteroatoms. The molecule has 10 nitrogen and oxygen atoms in total. The van der Waals surface area contributed by atoms with E-state index in [2.05, 4.69) is 5.32 Å². The summed E-state index contributed by atoms with van der Waals surface area (Å²) >= 11 is 0. The van der Waals surface area contributed by atoms with Crippen molar-refractivity contribution in [3.8, 4) is 11.5 Å². The third kappa shape index (κ3) is 5.04. The van der Waals surface area contributed by atoms with Crippen LogP contribution in [0.5, 0.6) is 11.5 Å². The number of amides is 1. The van der Waals surface area contributed by atoms with E-state index >= 15 is 0 Å². The number of likely N-dealkylation sites (tertiary alicyclic amines) is 1. The molecule has 5 N–H and O–H groups in total. The Morgan fingerprint density at radius 3 is 2.83 bits per heavy atom. The van der Waals surface area contributed by atoms with Gasteiger partial charge in [-0.15, -0.1) is 0 Å². The molecule has 2 atom stereocenters. The van der Waals surface area contributed by atoms with Crippen molar-refractivity contribution in [3.63, 3.8) is 0 Å². The van der Waals surface area contributed by atoms with Crippen LogP contribution in [0.15, 0.2) is 12.1 Å². The first-order valence-corrected chi connectivity index (χ1v) is 10.0. The predicted molar refractivity (Wildman–Crippen MR) is 109 cm³/mol. The van der Waals surface area contributed by atoms with Gasteiger partial charge in [-0.3, -0.25) is 10.1 Å². The molecule has 0 spiro atoms. The lowest BCUT2D eigenvalue weighted by Gasteiger charge is -2.40. The van der Waals surface area contributed by atoms with Crippen molar-refractivity contribution in [2.24, 2.45) is 5.73 Å². The molecule has 1 amide bonds. The number of carbonyl (C=O) groups is 2. The molecule has 164 valence electrons. The number of fused-ring (bicyclic) bond motifs is 1. The first-order chi connectivity index (χ1) is 14.3. The van der Waals surface area contributed by atoms with Crippen LogP contribution in [-0.2, 0) is 16.0 Å². The van der Waals surface area contributed by atoms with Gasteiger partial charge in [-0.25, -0.2) is 4.79 Å². The minimum Gasteiger partial charge on any atom is -0.535 e. The summed E-state index contributed by atoms with van der Waals surface area (Å²) in [5.74, 6) is -1.06. The molecule has 0 aliphatic carbocycles. The third-order valence-corrected chi connectivity index (χ3v) is 5.34. The van der Waals surface area contributed by atoms with Crippen molar-refractivity contribution in [3.05, 3.63) is 23.3 Å². The van der Waals surface area contributed by atoms with Gasteiger partial charge in [-0.05, 0) is 44.3 Å². The average Bonchev–Trinajstić information content (AvgIpc) is 2.68. The summed E-state index contributed by atoms with van der Waals surface area (Å²) in [4.78, 5) is 25.8. The average molecular weight is 421 g/mol. The second-order valence-corrected chi connectivity index (χ2v) is 7.55. The molecule has 2 aliphatic heterocycles.